The average molecular weight is 91.9 g/mol. The highest BCUT2D eigenvalue weighted by Crippen LogP contribution is 1.66. The summed E-state index contributed by atoms with van der Waals surface area (Å²) in [7, 11) is 5.76. The van der Waals surface area contributed by atoms with E-state index in [0.29, 0.717) is 0 Å². The largest absolute Gasteiger partial charge is 0.234 e. The highest BCUT2D eigenvalue weighted by molar-refractivity contribution is 7.09. The lowest BCUT2D eigenvalue weighted by atomic mass is 10.1. The van der Waals surface area contributed by atoms with Crippen LogP contribution in [0.25, 0.3) is 0 Å². The van der Waals surface area contributed by atoms with Gasteiger partial charge in [0.05, 0.1) is 17.4 Å². The summed E-state index contributed by atoms with van der Waals surface area (Å²) in [5.41, 5.74) is 0. The van der Waals surface area contributed by atoms with Gasteiger partial charge in [-0.2, -0.15) is 0 Å². The molecule has 0 aliphatic carbocycles. The fourth-order valence-corrected chi connectivity index (χ4v) is 0. The van der Waals surface area contributed by atoms with Crippen LogP contribution < -0.4 is 0 Å². The third kappa shape index (κ3) is 144. The molecule has 0 aliphatic heterocycles. The fourth-order valence-electron chi connectivity index (χ4n) is 0. The van der Waals surface area contributed by atoms with Crippen LogP contribution in [0.2, 0.25) is 6.32 Å². The minimum Gasteiger partial charge on any atom is -0.234 e. The van der Waals surface area contributed by atoms with Gasteiger partial charge in [-0.05, 0) is 0 Å². The zero-order chi connectivity index (χ0) is 4.71. The van der Waals surface area contributed by atoms with E-state index < -0.39 is 0 Å². The van der Waals surface area contributed by atoms with E-state index in [4.69, 9.17) is 7.85 Å². The molecule has 30 valence electrons. The Morgan fingerprint density at radius 3 is 1.80 bits per heavy atom. The Kier molecular flexibility index (Phi) is 46.3. The molecule has 0 N–H and O–H groups in total. The zero-order valence-electron chi connectivity index (χ0n) is 3.24. The molecule has 0 aromatic rings. The normalized spacial score (nSPS) is 4.60. The molecule has 2 radical (unpaired) electrons. The Balaban J connectivity index is 0. The molecule has 3 heteroatoms. The van der Waals surface area contributed by atoms with Crippen LogP contribution in [0.1, 0.15) is 6.92 Å². The van der Waals surface area contributed by atoms with Crippen molar-refractivity contribution in [3.63, 3.8) is 0 Å². The van der Waals surface area contributed by atoms with E-state index in [2.05, 4.69) is 0 Å². The third-order valence-corrected chi connectivity index (χ3v) is 0. The van der Waals surface area contributed by atoms with Gasteiger partial charge >= 0.3 is 0 Å². The molecule has 0 rings (SSSR count). The van der Waals surface area contributed by atoms with Crippen LogP contribution in [-0.2, 0) is 0 Å². The summed E-state index contributed by atoms with van der Waals surface area (Å²) in [6, 6.07) is 0. The molecule has 0 heterocycles. The first-order chi connectivity index (χ1) is 2.41. The van der Waals surface area contributed by atoms with E-state index in [9.17, 15) is 4.20 Å². The number of hydrogen-bond acceptors (Lipinski definition) is 0. The van der Waals surface area contributed by atoms with Crippen LogP contribution in [0, 0.1) is 0 Å². The molecule has 0 bridgehead atoms. The monoisotopic (exact) mass is 92.0 g/mol. The van der Waals surface area contributed by atoms with E-state index in [1.165, 1.54) is 0 Å². The van der Waals surface area contributed by atoms with E-state index in [1.54, 1.807) is 0 Å². The minimum atomic E-state index is 0.750. The van der Waals surface area contributed by atoms with E-state index >= 15 is 0 Å². The molecule has 0 fully saturated rings. The number of hydrogen-bond donors (Lipinski definition) is 0. The number of rotatable bonds is 0. The van der Waals surface area contributed by atoms with E-state index in [-0.39, 0.29) is 0 Å². The fraction of sp³-hybridized carbons (Fsp3) is 1.00. The van der Waals surface area contributed by atoms with Crippen molar-refractivity contribution in [1.82, 2.24) is 0 Å². The maximum absolute atomic E-state index is 9.42. The van der Waals surface area contributed by atoms with Gasteiger partial charge in [0.2, 0.25) is 0 Å². The van der Waals surface area contributed by atoms with Crippen molar-refractivity contribution in [1.29, 1.82) is 0 Å². The maximum Gasteiger partial charge on any atom is 0.0649 e. The summed E-state index contributed by atoms with van der Waals surface area (Å²) >= 11 is 0. The summed E-state index contributed by atoms with van der Waals surface area (Å²) in [6.45, 7) is 1.90. The molecule has 0 saturated heterocycles. The van der Waals surface area contributed by atoms with Gasteiger partial charge in [-0.1, -0.05) is 13.2 Å². The third-order valence-electron chi connectivity index (χ3n) is 0. The van der Waals surface area contributed by atoms with E-state index in [1.807, 2.05) is 6.92 Å². The first kappa shape index (κ1) is 9.06. The van der Waals surface area contributed by atoms with Crippen molar-refractivity contribution >= 4 is 17.4 Å². The molecular weight excluding hydrogens is 84.8 g/mol. The predicted molar refractivity (Wildman–Crippen MR) is 27.1 cm³/mol. The minimum absolute atomic E-state index is 0.750. The summed E-state index contributed by atoms with van der Waals surface area (Å²) in [5.74, 6) is 0. The van der Waals surface area contributed by atoms with Crippen LogP contribution >= 0.6 is 9.55 Å². The second kappa shape index (κ2) is 25.6. The van der Waals surface area contributed by atoms with Gasteiger partial charge in [0.15, 0.2) is 0 Å². The lowest BCUT2D eigenvalue weighted by molar-refractivity contribution is 0.941. The van der Waals surface area contributed by atoms with Crippen LogP contribution in [0.15, 0.2) is 0 Å². The Morgan fingerprint density at radius 1 is 1.80 bits per heavy atom. The first-order valence-electron chi connectivity index (χ1n) is 1.33. The summed E-state index contributed by atoms with van der Waals surface area (Å²) < 4.78 is 9.42. The highest BCUT2D eigenvalue weighted by atomic mass is 31.1. The average Bonchev–Trinajstić information content (AvgIpc) is 1.46. The second-order valence-electron chi connectivity index (χ2n) is 0.408. The topological polar surface area (TPSA) is 0 Å². The first-order valence-corrected chi connectivity index (χ1v) is 1.77. The molecule has 0 aromatic heterocycles. The molecule has 0 aliphatic rings. The lowest BCUT2D eigenvalue weighted by Crippen LogP contribution is -1.41. The zero-order valence-corrected chi connectivity index (χ0v) is 4.39. The van der Waals surface area contributed by atoms with Gasteiger partial charge in [0.25, 0.3) is 0 Å². The second-order valence-corrected chi connectivity index (χ2v) is 0.408. The molecular formula is C2H7BFP. The molecule has 0 aromatic carbocycles. The standard InChI is InChI=1S/C2H5B.FH2P/c1-2-3;1-2/h2H2,1H3;2H2. The van der Waals surface area contributed by atoms with Gasteiger partial charge < -0.3 is 0 Å². The highest BCUT2D eigenvalue weighted by Gasteiger charge is 1.37. The Hall–Kier alpha value is 0.425. The maximum atomic E-state index is 9.42. The molecule has 0 saturated carbocycles. The summed E-state index contributed by atoms with van der Waals surface area (Å²) in [6.07, 6.45) is 0.750. The van der Waals surface area contributed by atoms with Gasteiger partial charge in [-0.25, -0.2) is 4.20 Å². The van der Waals surface area contributed by atoms with Crippen molar-refractivity contribution in [2.75, 3.05) is 0 Å². The SMILES string of the molecule is FP.[B]CC. The molecule has 1 atom stereocenters. The van der Waals surface area contributed by atoms with Crippen LogP contribution in [-0.4, -0.2) is 7.85 Å². The summed E-state index contributed by atoms with van der Waals surface area (Å²) in [4.78, 5) is 0. The van der Waals surface area contributed by atoms with Gasteiger partial charge in [0, 0.05) is 0 Å². The van der Waals surface area contributed by atoms with Gasteiger partial charge in [0.1, 0.15) is 0 Å². The molecule has 5 heavy (non-hydrogen) atoms. The quantitative estimate of drug-likeness (QED) is 0.312. The molecule has 1 unspecified atom stereocenters. The van der Waals surface area contributed by atoms with Crippen molar-refractivity contribution in [2.45, 2.75) is 13.2 Å². The smallest absolute Gasteiger partial charge is 0.0649 e. The van der Waals surface area contributed by atoms with Crippen molar-refractivity contribution < 1.29 is 4.20 Å². The molecule has 0 spiro atoms. The summed E-state index contributed by atoms with van der Waals surface area (Å²) in [5, 5.41) is 0. The van der Waals surface area contributed by atoms with Crippen LogP contribution in [0.4, 0.5) is 4.20 Å². The van der Waals surface area contributed by atoms with Crippen LogP contribution in [0.3, 0.4) is 0 Å². The predicted octanol–water partition coefficient (Wildman–Crippen LogP) is 1.34. The lowest BCUT2D eigenvalue weighted by Gasteiger charge is -1.46. The van der Waals surface area contributed by atoms with E-state index in [0.717, 1.165) is 15.9 Å². The van der Waals surface area contributed by atoms with Crippen molar-refractivity contribution in [3.05, 3.63) is 0 Å². The van der Waals surface area contributed by atoms with Gasteiger partial charge in [-0.3, -0.25) is 0 Å². The van der Waals surface area contributed by atoms with Crippen molar-refractivity contribution in [2.24, 2.45) is 0 Å². The Bertz CT molecular complexity index is 9.61. The Morgan fingerprint density at radius 2 is 1.80 bits per heavy atom. The number of halogens is 1. The molecule has 0 amide bonds. The Labute approximate surface area is 35.9 Å². The van der Waals surface area contributed by atoms with Gasteiger partial charge in [-0.15, -0.1) is 0 Å². The molecule has 0 nitrogen and oxygen atoms in total. The van der Waals surface area contributed by atoms with Crippen molar-refractivity contribution in [3.8, 4) is 0 Å². The van der Waals surface area contributed by atoms with Crippen LogP contribution in [0.5, 0.6) is 0 Å².